The van der Waals surface area contributed by atoms with Gasteiger partial charge in [0.05, 0.1) is 23.2 Å². The molecule has 0 aliphatic heterocycles. The Morgan fingerprint density at radius 2 is 1.93 bits per heavy atom. The molecule has 1 unspecified atom stereocenters. The molecule has 14 heteroatoms. The van der Waals surface area contributed by atoms with E-state index in [1.165, 1.54) is 36.7 Å². The van der Waals surface area contributed by atoms with Gasteiger partial charge in [0.2, 0.25) is 10.0 Å². The van der Waals surface area contributed by atoms with Crippen LogP contribution < -0.4 is 15.8 Å². The number of nitrogens with zero attached hydrogens (tertiary/aromatic N) is 3. The van der Waals surface area contributed by atoms with Gasteiger partial charge in [-0.25, -0.2) is 22.2 Å². The quantitative estimate of drug-likeness (QED) is 0.122. The Morgan fingerprint density at radius 1 is 1.20 bits per heavy atom. The van der Waals surface area contributed by atoms with Crippen molar-refractivity contribution in [2.45, 2.75) is 50.9 Å². The number of carbonyl (C=O) groups is 1. The van der Waals surface area contributed by atoms with Crippen molar-refractivity contribution in [1.29, 1.82) is 0 Å². The number of aromatic nitrogens is 2. The van der Waals surface area contributed by atoms with Crippen LogP contribution in [0.25, 0.3) is 5.69 Å². The number of rotatable bonds is 13. The van der Waals surface area contributed by atoms with E-state index in [1.807, 2.05) is 0 Å². The number of nitrogens with two attached hydrogens (primary N) is 1. The van der Waals surface area contributed by atoms with Gasteiger partial charge in [0, 0.05) is 25.0 Å². The third-order valence-corrected chi connectivity index (χ3v) is 8.09. The first kappa shape index (κ1) is 33.7. The molecular formula is C31H34F4N6O3S. The molecule has 45 heavy (non-hydrogen) atoms. The van der Waals surface area contributed by atoms with E-state index in [9.17, 15) is 26.4 Å². The number of alkyl halides is 3. The van der Waals surface area contributed by atoms with Crippen molar-refractivity contribution in [1.82, 2.24) is 14.5 Å². The van der Waals surface area contributed by atoms with Crippen LogP contribution in [0, 0.1) is 11.7 Å². The second kappa shape index (κ2) is 13.5. The minimum Gasteiger partial charge on any atom is -0.326 e. The van der Waals surface area contributed by atoms with Crippen LogP contribution in [0.1, 0.15) is 59.9 Å². The molecule has 1 amide bonds. The molecule has 1 heterocycles. The van der Waals surface area contributed by atoms with E-state index in [1.54, 1.807) is 25.1 Å². The molecule has 3 aromatic rings. The van der Waals surface area contributed by atoms with Crippen molar-refractivity contribution in [2.75, 3.05) is 11.6 Å². The molecule has 0 bridgehead atoms. The van der Waals surface area contributed by atoms with Crippen LogP contribution in [0.2, 0.25) is 0 Å². The van der Waals surface area contributed by atoms with Crippen LogP contribution in [0.15, 0.2) is 78.0 Å². The average Bonchev–Trinajstić information content (AvgIpc) is 3.69. The van der Waals surface area contributed by atoms with Gasteiger partial charge in [-0.15, -0.1) is 0 Å². The summed E-state index contributed by atoms with van der Waals surface area (Å²) in [5, 5.41) is 5.96. The van der Waals surface area contributed by atoms with Crippen molar-refractivity contribution in [3.8, 4) is 5.69 Å². The third kappa shape index (κ3) is 8.32. The summed E-state index contributed by atoms with van der Waals surface area (Å²) in [5.74, 6) is -1.59. The molecule has 240 valence electrons. The largest absolute Gasteiger partial charge is 0.435 e. The number of amides is 1. The van der Waals surface area contributed by atoms with Gasteiger partial charge in [-0.3, -0.25) is 9.79 Å². The number of aliphatic imine (C=N–C) groups is 1. The van der Waals surface area contributed by atoms with Gasteiger partial charge in [-0.05, 0) is 72.7 Å². The maximum absolute atomic E-state index is 15.2. The van der Waals surface area contributed by atoms with Crippen LogP contribution >= 0.6 is 0 Å². The fourth-order valence-electron chi connectivity index (χ4n) is 4.94. The van der Waals surface area contributed by atoms with Gasteiger partial charge in [0.15, 0.2) is 5.69 Å². The van der Waals surface area contributed by atoms with E-state index < -0.39 is 44.9 Å². The molecule has 9 nitrogen and oxygen atoms in total. The number of hydrogen-bond acceptors (Lipinski definition) is 6. The molecule has 4 N–H and O–H groups in total. The SMILES string of the molecule is C=C(/C=C\N=CC)C(CCC1CC1)(NS(C)(=O)=O)c1ccc(F)c(NC(=O)c2cc(C(F)(F)F)nn2-c2cccc(CN)c2)c1. The lowest BCUT2D eigenvalue weighted by Crippen LogP contribution is -2.46. The Hall–Kier alpha value is -4.14. The third-order valence-electron chi connectivity index (χ3n) is 7.37. The van der Waals surface area contributed by atoms with Crippen molar-refractivity contribution < 1.29 is 30.8 Å². The Morgan fingerprint density at radius 3 is 2.56 bits per heavy atom. The molecule has 4 rings (SSSR count). The number of sulfonamides is 1. The zero-order valence-electron chi connectivity index (χ0n) is 24.7. The number of carbonyl (C=O) groups excluding carboxylic acids is 1. The fourth-order valence-corrected chi connectivity index (χ4v) is 5.92. The zero-order chi connectivity index (χ0) is 33.0. The maximum atomic E-state index is 15.2. The highest BCUT2D eigenvalue weighted by Gasteiger charge is 2.40. The van der Waals surface area contributed by atoms with E-state index in [4.69, 9.17) is 5.73 Å². The molecule has 0 radical (unpaired) electrons. The number of halogens is 4. The number of hydrogen-bond donors (Lipinski definition) is 3. The molecule has 2 aromatic carbocycles. The van der Waals surface area contributed by atoms with Crippen LogP contribution in [-0.2, 0) is 28.3 Å². The van der Waals surface area contributed by atoms with Crippen LogP contribution in [-0.4, -0.2) is 36.6 Å². The monoisotopic (exact) mass is 646 g/mol. The van der Waals surface area contributed by atoms with Gasteiger partial charge in [-0.1, -0.05) is 37.6 Å². The minimum absolute atomic E-state index is 0.0933. The first-order valence-corrected chi connectivity index (χ1v) is 16.0. The topological polar surface area (TPSA) is 131 Å². The molecule has 1 aliphatic carbocycles. The summed E-state index contributed by atoms with van der Waals surface area (Å²) in [7, 11) is -3.87. The standard InChI is InChI=1S/C31H34F4N6O3S/c1-4-37-15-13-20(2)30(40-45(3,43)44,14-12-21-8-9-21)23-10-11-25(32)26(17-23)38-29(42)27-18-28(31(33,34)35)39-41(27)24-7-5-6-22(16-24)19-36/h4-7,10-11,13,15-18,21,40H,2,8-9,12,14,19,36H2,1,3H3,(H,38,42)/b15-13-,37-4?. The zero-order valence-corrected chi connectivity index (χ0v) is 25.6. The summed E-state index contributed by atoms with van der Waals surface area (Å²) in [6.45, 7) is 5.91. The lowest BCUT2D eigenvalue weighted by Gasteiger charge is -2.36. The molecule has 0 spiro atoms. The summed E-state index contributed by atoms with van der Waals surface area (Å²) >= 11 is 0. The molecular weight excluding hydrogens is 612 g/mol. The van der Waals surface area contributed by atoms with Gasteiger partial charge in [-0.2, -0.15) is 18.3 Å². The highest BCUT2D eigenvalue weighted by Crippen LogP contribution is 2.42. The second-order valence-corrected chi connectivity index (χ2v) is 12.6. The van der Waals surface area contributed by atoms with Crippen LogP contribution in [0.4, 0.5) is 23.2 Å². The van der Waals surface area contributed by atoms with E-state index >= 15 is 4.39 Å². The highest BCUT2D eigenvalue weighted by atomic mass is 32.2. The highest BCUT2D eigenvalue weighted by molar-refractivity contribution is 7.88. The van der Waals surface area contributed by atoms with Crippen molar-refractivity contribution >= 4 is 27.8 Å². The Kier molecular flexibility index (Phi) is 10.1. The lowest BCUT2D eigenvalue weighted by molar-refractivity contribution is -0.141. The molecule has 1 aliphatic rings. The molecule has 0 saturated heterocycles. The first-order chi connectivity index (χ1) is 21.2. The second-order valence-electron chi connectivity index (χ2n) is 10.9. The summed E-state index contributed by atoms with van der Waals surface area (Å²) < 4.78 is 85.1. The molecule has 1 atom stereocenters. The summed E-state index contributed by atoms with van der Waals surface area (Å²) in [5.41, 5.74) is 3.32. The Bertz CT molecular complexity index is 1750. The predicted octanol–water partition coefficient (Wildman–Crippen LogP) is 5.84. The Labute approximate surface area is 259 Å². The number of nitrogens with one attached hydrogen (secondary N) is 2. The molecule has 1 saturated carbocycles. The Balaban J connectivity index is 1.80. The fraction of sp³-hybridized carbons (Fsp3) is 0.323. The lowest BCUT2D eigenvalue weighted by atomic mass is 9.79. The van der Waals surface area contributed by atoms with Crippen LogP contribution in [0.3, 0.4) is 0 Å². The average molecular weight is 647 g/mol. The van der Waals surface area contributed by atoms with Crippen molar-refractivity contribution in [2.24, 2.45) is 16.6 Å². The predicted molar refractivity (Wildman–Crippen MR) is 165 cm³/mol. The maximum Gasteiger partial charge on any atom is 0.435 e. The summed E-state index contributed by atoms with van der Waals surface area (Å²) in [6.07, 6.45) is 3.52. The first-order valence-electron chi connectivity index (χ1n) is 14.1. The van der Waals surface area contributed by atoms with E-state index in [-0.39, 0.29) is 29.9 Å². The number of anilines is 1. The van der Waals surface area contributed by atoms with Gasteiger partial charge < -0.3 is 11.1 Å². The normalized spacial score (nSPS) is 15.4. The van der Waals surface area contributed by atoms with E-state index in [0.717, 1.165) is 29.8 Å². The minimum atomic E-state index is -4.87. The molecule has 1 fully saturated rings. The van der Waals surface area contributed by atoms with Crippen molar-refractivity contribution in [3.05, 3.63) is 101 Å². The summed E-state index contributed by atoms with van der Waals surface area (Å²) in [4.78, 5) is 17.5. The van der Waals surface area contributed by atoms with Crippen molar-refractivity contribution in [3.63, 3.8) is 0 Å². The van der Waals surface area contributed by atoms with Gasteiger partial charge in [0.1, 0.15) is 11.5 Å². The van der Waals surface area contributed by atoms with Crippen LogP contribution in [0.5, 0.6) is 0 Å². The van der Waals surface area contributed by atoms with Gasteiger partial charge in [0.25, 0.3) is 5.91 Å². The number of benzene rings is 2. The summed E-state index contributed by atoms with van der Waals surface area (Å²) in [6, 6.07) is 10.4. The van der Waals surface area contributed by atoms with E-state index in [0.29, 0.717) is 29.5 Å². The van der Waals surface area contributed by atoms with E-state index in [2.05, 4.69) is 26.7 Å². The molecule has 1 aromatic heterocycles. The smallest absolute Gasteiger partial charge is 0.326 e. The van der Waals surface area contributed by atoms with Gasteiger partial charge >= 0.3 is 6.18 Å².